The summed E-state index contributed by atoms with van der Waals surface area (Å²) in [6, 6.07) is 10.3. The third kappa shape index (κ3) is 2.43. The smallest absolute Gasteiger partial charge is 0.339 e. The number of aromatic carboxylic acids is 1. The lowest BCUT2D eigenvalue weighted by Crippen LogP contribution is -2.15. The van der Waals surface area contributed by atoms with Crippen LogP contribution >= 0.6 is 11.6 Å². The van der Waals surface area contributed by atoms with Crippen molar-refractivity contribution in [1.82, 2.24) is 4.98 Å². The van der Waals surface area contributed by atoms with Crippen LogP contribution in [0.15, 0.2) is 42.6 Å². The van der Waals surface area contributed by atoms with Gasteiger partial charge in [-0.3, -0.25) is 0 Å². The van der Waals surface area contributed by atoms with Gasteiger partial charge in [0.25, 0.3) is 0 Å². The SMILES string of the molecule is CN(c1cccc(Cl)c1)c1ncccc1C(=O)O. The van der Waals surface area contributed by atoms with Crippen molar-refractivity contribution in [3.05, 3.63) is 53.2 Å². The fraction of sp³-hybridized carbons (Fsp3) is 0.0769. The number of hydrogen-bond donors (Lipinski definition) is 1. The molecule has 0 bridgehead atoms. The molecule has 2 aromatic rings. The summed E-state index contributed by atoms with van der Waals surface area (Å²) in [7, 11) is 1.75. The Morgan fingerprint density at radius 2 is 2.11 bits per heavy atom. The Bertz CT molecular complexity index is 587. The highest BCUT2D eigenvalue weighted by molar-refractivity contribution is 6.30. The van der Waals surface area contributed by atoms with E-state index in [0.717, 1.165) is 5.69 Å². The van der Waals surface area contributed by atoms with Gasteiger partial charge >= 0.3 is 5.97 Å². The van der Waals surface area contributed by atoms with E-state index in [1.807, 2.05) is 6.07 Å². The largest absolute Gasteiger partial charge is 0.478 e. The van der Waals surface area contributed by atoms with E-state index in [4.69, 9.17) is 16.7 Å². The Morgan fingerprint density at radius 3 is 2.78 bits per heavy atom. The molecular formula is C13H11ClN2O2. The highest BCUT2D eigenvalue weighted by Crippen LogP contribution is 2.26. The minimum atomic E-state index is -1.01. The summed E-state index contributed by atoms with van der Waals surface area (Å²) in [6.07, 6.45) is 1.56. The molecule has 0 spiro atoms. The minimum absolute atomic E-state index is 0.153. The van der Waals surface area contributed by atoms with Gasteiger partial charge in [0, 0.05) is 24.0 Å². The molecular weight excluding hydrogens is 252 g/mol. The number of pyridine rings is 1. The van der Waals surface area contributed by atoms with Crippen LogP contribution < -0.4 is 4.90 Å². The van der Waals surface area contributed by atoms with Gasteiger partial charge in [-0.25, -0.2) is 9.78 Å². The Balaban J connectivity index is 2.46. The first-order chi connectivity index (χ1) is 8.59. The number of anilines is 2. The molecule has 0 atom stereocenters. The molecule has 1 heterocycles. The molecule has 5 heteroatoms. The lowest BCUT2D eigenvalue weighted by molar-refractivity contribution is 0.0697. The highest BCUT2D eigenvalue weighted by Gasteiger charge is 2.15. The number of rotatable bonds is 3. The highest BCUT2D eigenvalue weighted by atomic mass is 35.5. The quantitative estimate of drug-likeness (QED) is 0.923. The first kappa shape index (κ1) is 12.4. The maximum Gasteiger partial charge on any atom is 0.339 e. The maximum absolute atomic E-state index is 11.1. The van der Waals surface area contributed by atoms with Crippen LogP contribution in [0.2, 0.25) is 5.02 Å². The fourth-order valence-electron chi connectivity index (χ4n) is 1.64. The summed E-state index contributed by atoms with van der Waals surface area (Å²) in [5.74, 6) is -0.626. The predicted octanol–water partition coefficient (Wildman–Crippen LogP) is 3.20. The van der Waals surface area contributed by atoms with Gasteiger partial charge in [0.2, 0.25) is 0 Å². The summed E-state index contributed by atoms with van der Waals surface area (Å²) in [5, 5.41) is 9.71. The molecule has 0 saturated heterocycles. The van der Waals surface area contributed by atoms with Crippen molar-refractivity contribution in [2.24, 2.45) is 0 Å². The standard InChI is InChI=1S/C13H11ClN2O2/c1-16(10-5-2-4-9(14)8-10)12-11(13(17)18)6-3-7-15-12/h2-8H,1H3,(H,17,18). The number of benzene rings is 1. The normalized spacial score (nSPS) is 10.1. The topological polar surface area (TPSA) is 53.4 Å². The molecule has 18 heavy (non-hydrogen) atoms. The average Bonchev–Trinajstić information content (AvgIpc) is 2.38. The molecule has 2 rings (SSSR count). The van der Waals surface area contributed by atoms with Gasteiger partial charge in [-0.05, 0) is 30.3 Å². The summed E-state index contributed by atoms with van der Waals surface area (Å²) < 4.78 is 0. The Morgan fingerprint density at radius 1 is 1.33 bits per heavy atom. The van der Waals surface area contributed by atoms with Gasteiger partial charge in [-0.15, -0.1) is 0 Å². The summed E-state index contributed by atoms with van der Waals surface area (Å²) in [6.45, 7) is 0. The number of carbonyl (C=O) groups is 1. The molecule has 0 fully saturated rings. The summed E-state index contributed by atoms with van der Waals surface area (Å²) >= 11 is 5.92. The molecule has 92 valence electrons. The Kier molecular flexibility index (Phi) is 3.48. The molecule has 0 radical (unpaired) electrons. The van der Waals surface area contributed by atoms with Crippen LogP contribution in [0.5, 0.6) is 0 Å². The fourth-order valence-corrected chi connectivity index (χ4v) is 1.82. The lowest BCUT2D eigenvalue weighted by atomic mass is 10.2. The Labute approximate surface area is 109 Å². The van der Waals surface area contributed by atoms with Crippen LogP contribution in [0.4, 0.5) is 11.5 Å². The van der Waals surface area contributed by atoms with E-state index in [1.165, 1.54) is 6.07 Å². The molecule has 4 nitrogen and oxygen atoms in total. The zero-order chi connectivity index (χ0) is 13.1. The molecule has 1 N–H and O–H groups in total. The van der Waals surface area contributed by atoms with Crippen LogP contribution in [0.1, 0.15) is 10.4 Å². The van der Waals surface area contributed by atoms with Gasteiger partial charge in [0.05, 0.1) is 0 Å². The third-order valence-electron chi connectivity index (χ3n) is 2.53. The second kappa shape index (κ2) is 5.06. The van der Waals surface area contributed by atoms with Gasteiger partial charge in [0.1, 0.15) is 11.4 Å². The van der Waals surface area contributed by atoms with Gasteiger partial charge in [-0.1, -0.05) is 17.7 Å². The second-order valence-corrected chi connectivity index (χ2v) is 4.16. The van der Waals surface area contributed by atoms with Gasteiger partial charge in [0.15, 0.2) is 0 Å². The number of carboxylic acid groups (broad SMARTS) is 1. The number of nitrogens with zero attached hydrogens (tertiary/aromatic N) is 2. The van der Waals surface area contributed by atoms with Gasteiger partial charge in [-0.2, -0.15) is 0 Å². The van der Waals surface area contributed by atoms with E-state index < -0.39 is 5.97 Å². The van der Waals surface area contributed by atoms with E-state index in [1.54, 1.807) is 42.4 Å². The van der Waals surface area contributed by atoms with Crippen molar-refractivity contribution in [3.8, 4) is 0 Å². The van der Waals surface area contributed by atoms with Gasteiger partial charge < -0.3 is 10.0 Å². The van der Waals surface area contributed by atoms with E-state index in [2.05, 4.69) is 4.98 Å². The van der Waals surface area contributed by atoms with Crippen molar-refractivity contribution in [2.75, 3.05) is 11.9 Å². The molecule has 1 aromatic carbocycles. The zero-order valence-electron chi connectivity index (χ0n) is 9.67. The third-order valence-corrected chi connectivity index (χ3v) is 2.77. The van der Waals surface area contributed by atoms with Crippen LogP contribution in [-0.2, 0) is 0 Å². The molecule has 0 saturated carbocycles. The van der Waals surface area contributed by atoms with Crippen LogP contribution in [0.25, 0.3) is 0 Å². The average molecular weight is 263 g/mol. The van der Waals surface area contributed by atoms with Crippen molar-refractivity contribution in [1.29, 1.82) is 0 Å². The Hall–Kier alpha value is -2.07. The van der Waals surface area contributed by atoms with Crippen molar-refractivity contribution in [3.63, 3.8) is 0 Å². The minimum Gasteiger partial charge on any atom is -0.478 e. The van der Waals surface area contributed by atoms with E-state index in [0.29, 0.717) is 10.8 Å². The van der Waals surface area contributed by atoms with Crippen LogP contribution in [-0.4, -0.2) is 23.1 Å². The molecule has 0 amide bonds. The van der Waals surface area contributed by atoms with E-state index >= 15 is 0 Å². The molecule has 0 aliphatic rings. The first-order valence-corrected chi connectivity index (χ1v) is 5.65. The van der Waals surface area contributed by atoms with Crippen molar-refractivity contribution in [2.45, 2.75) is 0 Å². The predicted molar refractivity (Wildman–Crippen MR) is 70.7 cm³/mol. The monoisotopic (exact) mass is 262 g/mol. The van der Waals surface area contributed by atoms with Crippen molar-refractivity contribution >= 4 is 29.1 Å². The van der Waals surface area contributed by atoms with Crippen LogP contribution in [0.3, 0.4) is 0 Å². The first-order valence-electron chi connectivity index (χ1n) is 5.27. The number of hydrogen-bond acceptors (Lipinski definition) is 3. The molecule has 1 aromatic heterocycles. The van der Waals surface area contributed by atoms with E-state index in [9.17, 15) is 4.79 Å². The molecule has 0 unspecified atom stereocenters. The number of carboxylic acids is 1. The second-order valence-electron chi connectivity index (χ2n) is 3.72. The number of aromatic nitrogens is 1. The number of halogens is 1. The molecule has 0 aliphatic carbocycles. The summed E-state index contributed by atoms with van der Waals surface area (Å²) in [4.78, 5) is 16.9. The molecule has 0 aliphatic heterocycles. The summed E-state index contributed by atoms with van der Waals surface area (Å²) in [5.41, 5.74) is 0.934. The van der Waals surface area contributed by atoms with Crippen LogP contribution in [0, 0.1) is 0 Å². The lowest BCUT2D eigenvalue weighted by Gasteiger charge is -2.20. The zero-order valence-corrected chi connectivity index (χ0v) is 10.4. The maximum atomic E-state index is 11.1. The van der Waals surface area contributed by atoms with E-state index in [-0.39, 0.29) is 5.56 Å². The van der Waals surface area contributed by atoms with Crippen molar-refractivity contribution < 1.29 is 9.90 Å².